The molecule has 0 aliphatic carbocycles. The zero-order chi connectivity index (χ0) is 13.9. The third-order valence-electron chi connectivity index (χ3n) is 2.15. The van der Waals surface area contributed by atoms with Gasteiger partial charge in [0.1, 0.15) is 12.0 Å². The lowest BCUT2D eigenvalue weighted by atomic mass is 10.2. The highest BCUT2D eigenvalue weighted by Gasteiger charge is 2.32. The van der Waals surface area contributed by atoms with Crippen LogP contribution in [0.5, 0.6) is 11.6 Å². The summed E-state index contributed by atoms with van der Waals surface area (Å²) in [4.78, 5) is 10.6. The summed E-state index contributed by atoms with van der Waals surface area (Å²) in [6, 6.07) is 7.96. The average molecular weight is 268 g/mol. The second-order valence-electron chi connectivity index (χ2n) is 3.55. The number of benzene rings is 1. The van der Waals surface area contributed by atoms with Crippen LogP contribution >= 0.6 is 0 Å². The fourth-order valence-corrected chi connectivity index (χ4v) is 1.30. The van der Waals surface area contributed by atoms with Crippen LogP contribution in [0, 0.1) is 0 Å². The molecule has 7 heteroatoms. The SMILES string of the molecule is O=Cc1cccc(Oc2ccc(C(F)(F)F)nn2)c1. The van der Waals surface area contributed by atoms with Gasteiger partial charge in [-0.25, -0.2) is 0 Å². The summed E-state index contributed by atoms with van der Waals surface area (Å²) in [5.41, 5.74) is -0.709. The van der Waals surface area contributed by atoms with E-state index in [1.807, 2.05) is 0 Å². The lowest BCUT2D eigenvalue weighted by molar-refractivity contribution is -0.141. The highest BCUT2D eigenvalue weighted by Crippen LogP contribution is 2.28. The third kappa shape index (κ3) is 3.27. The van der Waals surface area contributed by atoms with Gasteiger partial charge in [0.15, 0.2) is 5.69 Å². The second kappa shape index (κ2) is 5.05. The molecule has 19 heavy (non-hydrogen) atoms. The van der Waals surface area contributed by atoms with Gasteiger partial charge in [-0.15, -0.1) is 10.2 Å². The summed E-state index contributed by atoms with van der Waals surface area (Å²) in [5, 5.41) is 6.33. The molecule has 1 aromatic carbocycles. The molecule has 1 heterocycles. The van der Waals surface area contributed by atoms with E-state index >= 15 is 0 Å². The van der Waals surface area contributed by atoms with E-state index in [9.17, 15) is 18.0 Å². The number of halogens is 3. The minimum absolute atomic E-state index is 0.0870. The Balaban J connectivity index is 2.17. The molecule has 0 atom stereocenters. The molecule has 0 bridgehead atoms. The molecule has 1 aromatic heterocycles. The Hall–Kier alpha value is -2.44. The van der Waals surface area contributed by atoms with E-state index in [1.165, 1.54) is 6.07 Å². The summed E-state index contributed by atoms with van der Waals surface area (Å²) >= 11 is 0. The highest BCUT2D eigenvalue weighted by molar-refractivity contribution is 5.75. The first-order chi connectivity index (χ1) is 8.99. The van der Waals surface area contributed by atoms with Crippen LogP contribution in [0.25, 0.3) is 0 Å². The van der Waals surface area contributed by atoms with Gasteiger partial charge in [-0.2, -0.15) is 13.2 Å². The van der Waals surface area contributed by atoms with Crippen molar-refractivity contribution in [2.45, 2.75) is 6.18 Å². The van der Waals surface area contributed by atoms with Crippen molar-refractivity contribution in [2.24, 2.45) is 0 Å². The van der Waals surface area contributed by atoms with Crippen molar-refractivity contribution >= 4 is 6.29 Å². The van der Waals surface area contributed by atoms with E-state index in [1.54, 1.807) is 18.2 Å². The highest BCUT2D eigenvalue weighted by atomic mass is 19.4. The molecule has 0 fully saturated rings. The number of rotatable bonds is 3. The van der Waals surface area contributed by atoms with Crippen molar-refractivity contribution in [1.82, 2.24) is 10.2 Å². The van der Waals surface area contributed by atoms with E-state index in [-0.39, 0.29) is 5.88 Å². The summed E-state index contributed by atoms with van der Waals surface area (Å²) in [6.07, 6.45) is -3.91. The van der Waals surface area contributed by atoms with Crippen LogP contribution in [0.15, 0.2) is 36.4 Å². The lowest BCUT2D eigenvalue weighted by Gasteiger charge is -2.06. The molecule has 0 N–H and O–H groups in total. The summed E-state index contributed by atoms with van der Waals surface area (Å²) in [7, 11) is 0. The Morgan fingerprint density at radius 2 is 1.89 bits per heavy atom. The molecule has 0 radical (unpaired) electrons. The van der Waals surface area contributed by atoms with Crippen molar-refractivity contribution in [1.29, 1.82) is 0 Å². The molecule has 0 amide bonds. The Morgan fingerprint density at radius 1 is 1.11 bits per heavy atom. The van der Waals surface area contributed by atoms with Gasteiger partial charge in [-0.3, -0.25) is 4.79 Å². The standard InChI is InChI=1S/C12H7F3N2O2/c13-12(14,15)10-4-5-11(17-16-10)19-9-3-1-2-8(6-9)7-18/h1-7H. The second-order valence-corrected chi connectivity index (χ2v) is 3.55. The Labute approximate surface area is 105 Å². The number of alkyl halides is 3. The van der Waals surface area contributed by atoms with E-state index < -0.39 is 11.9 Å². The van der Waals surface area contributed by atoms with Crippen LogP contribution in [0.1, 0.15) is 16.1 Å². The Kier molecular flexibility index (Phi) is 3.46. The largest absolute Gasteiger partial charge is 0.438 e. The normalized spacial score (nSPS) is 11.1. The number of ether oxygens (including phenoxy) is 1. The minimum Gasteiger partial charge on any atom is -0.438 e. The maximum atomic E-state index is 12.3. The molecule has 2 rings (SSSR count). The van der Waals surface area contributed by atoms with Gasteiger partial charge in [0, 0.05) is 11.6 Å². The van der Waals surface area contributed by atoms with Crippen molar-refractivity contribution in [2.75, 3.05) is 0 Å². The molecule has 0 aliphatic rings. The van der Waals surface area contributed by atoms with E-state index in [0.717, 1.165) is 12.1 Å². The monoisotopic (exact) mass is 268 g/mol. The van der Waals surface area contributed by atoms with Gasteiger partial charge in [0.05, 0.1) is 0 Å². The molecule has 0 spiro atoms. The maximum Gasteiger partial charge on any atom is 0.435 e. The first-order valence-corrected chi connectivity index (χ1v) is 5.13. The van der Waals surface area contributed by atoms with Gasteiger partial charge < -0.3 is 4.74 Å². The van der Waals surface area contributed by atoms with Crippen LogP contribution in [0.3, 0.4) is 0 Å². The zero-order valence-electron chi connectivity index (χ0n) is 9.39. The van der Waals surface area contributed by atoms with Gasteiger partial charge in [0.25, 0.3) is 0 Å². The number of hydrogen-bond donors (Lipinski definition) is 0. The molecular weight excluding hydrogens is 261 g/mol. The molecule has 0 saturated heterocycles. The molecular formula is C12H7F3N2O2. The molecule has 98 valence electrons. The van der Waals surface area contributed by atoms with Crippen LogP contribution in [-0.4, -0.2) is 16.5 Å². The summed E-state index contributed by atoms with van der Waals surface area (Å²) in [6.45, 7) is 0. The fraction of sp³-hybridized carbons (Fsp3) is 0.0833. The fourth-order valence-electron chi connectivity index (χ4n) is 1.30. The first kappa shape index (κ1) is 13.0. The van der Waals surface area contributed by atoms with Gasteiger partial charge in [-0.05, 0) is 18.2 Å². The van der Waals surface area contributed by atoms with Crippen LogP contribution in [0.4, 0.5) is 13.2 Å². The van der Waals surface area contributed by atoms with Crippen LogP contribution < -0.4 is 4.74 Å². The maximum absolute atomic E-state index is 12.3. The van der Waals surface area contributed by atoms with Gasteiger partial charge >= 0.3 is 6.18 Å². The molecule has 0 saturated carbocycles. The van der Waals surface area contributed by atoms with Crippen LogP contribution in [0.2, 0.25) is 0 Å². The third-order valence-corrected chi connectivity index (χ3v) is 2.15. The minimum atomic E-state index is -4.54. The predicted molar refractivity (Wildman–Crippen MR) is 58.9 cm³/mol. The lowest BCUT2D eigenvalue weighted by Crippen LogP contribution is -2.08. The predicted octanol–water partition coefficient (Wildman–Crippen LogP) is 3.10. The number of carbonyl (C=O) groups is 1. The summed E-state index contributed by atoms with van der Waals surface area (Å²) < 4.78 is 42.0. The molecule has 4 nitrogen and oxygen atoms in total. The zero-order valence-corrected chi connectivity index (χ0v) is 9.39. The molecule has 0 unspecified atom stereocenters. The summed E-state index contributed by atoms with van der Waals surface area (Å²) in [5.74, 6) is 0.203. The van der Waals surface area contributed by atoms with Crippen molar-refractivity contribution in [3.63, 3.8) is 0 Å². The number of aromatic nitrogens is 2. The van der Waals surface area contributed by atoms with Crippen molar-refractivity contribution < 1.29 is 22.7 Å². The Bertz CT molecular complexity index is 582. The average Bonchev–Trinajstić information content (AvgIpc) is 2.38. The first-order valence-electron chi connectivity index (χ1n) is 5.13. The number of carbonyl (C=O) groups excluding carboxylic acids is 1. The van der Waals surface area contributed by atoms with Gasteiger partial charge in [-0.1, -0.05) is 12.1 Å². The number of nitrogens with zero attached hydrogens (tertiary/aromatic N) is 2. The van der Waals surface area contributed by atoms with E-state index in [0.29, 0.717) is 17.6 Å². The Morgan fingerprint density at radius 3 is 2.47 bits per heavy atom. The molecule has 0 aliphatic heterocycles. The van der Waals surface area contributed by atoms with E-state index in [4.69, 9.17) is 4.74 Å². The molecule has 2 aromatic rings. The van der Waals surface area contributed by atoms with Crippen molar-refractivity contribution in [3.05, 3.63) is 47.7 Å². The van der Waals surface area contributed by atoms with Crippen LogP contribution in [-0.2, 0) is 6.18 Å². The number of aldehydes is 1. The topological polar surface area (TPSA) is 52.1 Å². The van der Waals surface area contributed by atoms with Crippen molar-refractivity contribution in [3.8, 4) is 11.6 Å². The smallest absolute Gasteiger partial charge is 0.435 e. The van der Waals surface area contributed by atoms with Gasteiger partial charge in [0.2, 0.25) is 5.88 Å². The van der Waals surface area contributed by atoms with E-state index in [2.05, 4.69) is 10.2 Å². The quantitative estimate of drug-likeness (QED) is 0.802. The number of hydrogen-bond acceptors (Lipinski definition) is 4.